The van der Waals surface area contributed by atoms with Gasteiger partial charge in [-0.1, -0.05) is 29.8 Å². The van der Waals surface area contributed by atoms with Crippen LogP contribution in [0, 0.1) is 0 Å². The van der Waals surface area contributed by atoms with Crippen LogP contribution in [0.3, 0.4) is 0 Å². The maximum absolute atomic E-state index is 12.9. The Balaban J connectivity index is 1.71. The fourth-order valence-electron chi connectivity index (χ4n) is 2.75. The van der Waals surface area contributed by atoms with Gasteiger partial charge in [-0.2, -0.15) is 13.2 Å². The van der Waals surface area contributed by atoms with Gasteiger partial charge in [0.25, 0.3) is 0 Å². The van der Waals surface area contributed by atoms with E-state index in [9.17, 15) is 31.4 Å². The van der Waals surface area contributed by atoms with Crippen molar-refractivity contribution in [2.45, 2.75) is 18.6 Å². The van der Waals surface area contributed by atoms with Gasteiger partial charge in [0, 0.05) is 18.2 Å². The van der Waals surface area contributed by atoms with Crippen LogP contribution in [0.15, 0.2) is 54.9 Å². The summed E-state index contributed by atoms with van der Waals surface area (Å²) in [4.78, 5) is 7.95. The second-order valence-corrected chi connectivity index (χ2v) is 6.91. The van der Waals surface area contributed by atoms with Gasteiger partial charge in [-0.25, -0.2) is 9.97 Å². The Hall–Kier alpha value is -3.05. The molecule has 1 aromatic heterocycles. The zero-order valence-electron chi connectivity index (χ0n) is 15.9. The summed E-state index contributed by atoms with van der Waals surface area (Å²) in [5, 5.41) is 12.6. The maximum atomic E-state index is 12.9. The minimum absolute atomic E-state index is 0.125. The second kappa shape index (κ2) is 9.21. The van der Waals surface area contributed by atoms with E-state index >= 15 is 0 Å². The standard InChI is InChI=1S/C20H14ClF6N3O2/c21-15-7-11(4-5-14(15)19(22,23)24)16-8-18(30-10-29-16)28-9-17(31)12-2-1-3-13(6-12)32-20(25,26)27/h1-8,10,17,31H,9H2,(H,28,29,30)/t17-/m0/s1. The number of ether oxygens (including phenoxy) is 1. The summed E-state index contributed by atoms with van der Waals surface area (Å²) in [6, 6.07) is 9.47. The lowest BCUT2D eigenvalue weighted by Crippen LogP contribution is -2.18. The van der Waals surface area contributed by atoms with Gasteiger partial charge in [0.1, 0.15) is 17.9 Å². The fraction of sp³-hybridized carbons (Fsp3) is 0.200. The van der Waals surface area contributed by atoms with E-state index in [4.69, 9.17) is 11.6 Å². The summed E-state index contributed by atoms with van der Waals surface area (Å²) in [7, 11) is 0. The number of hydrogen-bond donors (Lipinski definition) is 2. The van der Waals surface area contributed by atoms with E-state index in [-0.39, 0.29) is 23.6 Å². The van der Waals surface area contributed by atoms with Crippen molar-refractivity contribution >= 4 is 17.4 Å². The zero-order valence-corrected chi connectivity index (χ0v) is 16.6. The topological polar surface area (TPSA) is 67.3 Å². The van der Waals surface area contributed by atoms with Crippen molar-refractivity contribution < 1.29 is 36.2 Å². The predicted octanol–water partition coefficient (Wildman–Crippen LogP) is 5.86. The van der Waals surface area contributed by atoms with E-state index in [0.29, 0.717) is 5.56 Å². The molecule has 12 heteroatoms. The number of anilines is 1. The van der Waals surface area contributed by atoms with Gasteiger partial charge in [-0.3, -0.25) is 0 Å². The third-order valence-electron chi connectivity index (χ3n) is 4.19. The third kappa shape index (κ3) is 6.24. The SMILES string of the molecule is O[C@@H](CNc1cc(-c2ccc(C(F)(F)F)c(Cl)c2)ncn1)c1cccc(OC(F)(F)F)c1. The molecule has 0 saturated heterocycles. The zero-order chi connectivity index (χ0) is 23.5. The van der Waals surface area contributed by atoms with Crippen molar-refractivity contribution in [2.24, 2.45) is 0 Å². The Morgan fingerprint density at radius 1 is 1.00 bits per heavy atom. The molecule has 2 aromatic carbocycles. The Kier molecular flexibility index (Phi) is 6.79. The maximum Gasteiger partial charge on any atom is 0.573 e. The molecule has 2 N–H and O–H groups in total. The van der Waals surface area contributed by atoms with Crippen LogP contribution < -0.4 is 10.1 Å². The fourth-order valence-corrected chi connectivity index (χ4v) is 3.04. The molecule has 1 atom stereocenters. The van der Waals surface area contributed by atoms with Gasteiger partial charge in [-0.05, 0) is 29.8 Å². The van der Waals surface area contributed by atoms with E-state index < -0.39 is 35.0 Å². The molecule has 0 saturated carbocycles. The first-order valence-corrected chi connectivity index (χ1v) is 9.27. The third-order valence-corrected chi connectivity index (χ3v) is 4.50. The first-order chi connectivity index (χ1) is 14.9. The number of halogens is 7. The average Bonchev–Trinajstić information content (AvgIpc) is 2.70. The molecule has 3 rings (SSSR count). The number of benzene rings is 2. The smallest absolute Gasteiger partial charge is 0.406 e. The molecule has 3 aromatic rings. The Bertz CT molecular complexity index is 1090. The minimum Gasteiger partial charge on any atom is -0.406 e. The normalized spacial score (nSPS) is 13.0. The van der Waals surface area contributed by atoms with Crippen LogP contribution in [0.5, 0.6) is 5.75 Å². The number of nitrogens with zero attached hydrogens (tertiary/aromatic N) is 2. The first kappa shape index (κ1) is 23.6. The number of aromatic nitrogens is 2. The summed E-state index contributed by atoms with van der Waals surface area (Å²) >= 11 is 5.73. The Morgan fingerprint density at radius 3 is 2.41 bits per heavy atom. The highest BCUT2D eigenvalue weighted by molar-refractivity contribution is 6.31. The highest BCUT2D eigenvalue weighted by Gasteiger charge is 2.33. The number of alkyl halides is 6. The molecule has 0 fully saturated rings. The molecular weight excluding hydrogens is 464 g/mol. The molecule has 0 amide bonds. The molecule has 0 spiro atoms. The molecule has 0 aliphatic rings. The van der Waals surface area contributed by atoms with Crippen LogP contribution in [0.2, 0.25) is 5.02 Å². The lowest BCUT2D eigenvalue weighted by molar-refractivity contribution is -0.274. The summed E-state index contributed by atoms with van der Waals surface area (Å²) in [5.74, 6) is -0.245. The van der Waals surface area contributed by atoms with E-state index in [1.807, 2.05) is 0 Å². The summed E-state index contributed by atoms with van der Waals surface area (Å²) in [6.45, 7) is -0.125. The predicted molar refractivity (Wildman–Crippen MR) is 104 cm³/mol. The van der Waals surface area contributed by atoms with Crippen molar-refractivity contribution in [3.63, 3.8) is 0 Å². The van der Waals surface area contributed by atoms with Gasteiger partial charge >= 0.3 is 12.5 Å². The lowest BCUT2D eigenvalue weighted by atomic mass is 10.1. The van der Waals surface area contributed by atoms with E-state index in [1.165, 1.54) is 24.3 Å². The van der Waals surface area contributed by atoms with Crippen LogP contribution in [0.4, 0.5) is 32.2 Å². The van der Waals surface area contributed by atoms with Gasteiger partial charge in [0.15, 0.2) is 0 Å². The van der Waals surface area contributed by atoms with Crippen LogP contribution in [0.1, 0.15) is 17.2 Å². The number of aliphatic hydroxyl groups is 1. The van der Waals surface area contributed by atoms with E-state index in [1.54, 1.807) is 0 Å². The molecule has 170 valence electrons. The molecule has 0 aliphatic heterocycles. The van der Waals surface area contributed by atoms with Crippen LogP contribution in [0.25, 0.3) is 11.3 Å². The molecule has 0 bridgehead atoms. The summed E-state index contributed by atoms with van der Waals surface area (Å²) in [5.41, 5.74) is -0.225. The molecular formula is C20H14ClF6N3O2. The molecule has 0 unspecified atom stereocenters. The Morgan fingerprint density at radius 2 is 1.75 bits per heavy atom. The van der Waals surface area contributed by atoms with Crippen LogP contribution in [-0.4, -0.2) is 28.0 Å². The van der Waals surface area contributed by atoms with Crippen LogP contribution >= 0.6 is 11.6 Å². The number of nitrogens with one attached hydrogen (secondary N) is 1. The van der Waals surface area contributed by atoms with Crippen molar-refractivity contribution in [3.05, 3.63) is 71.0 Å². The van der Waals surface area contributed by atoms with Crippen molar-refractivity contribution in [2.75, 3.05) is 11.9 Å². The van der Waals surface area contributed by atoms with Crippen molar-refractivity contribution in [1.29, 1.82) is 0 Å². The molecule has 32 heavy (non-hydrogen) atoms. The van der Waals surface area contributed by atoms with Crippen molar-refractivity contribution in [3.8, 4) is 17.0 Å². The average molecular weight is 478 g/mol. The summed E-state index contributed by atoms with van der Waals surface area (Å²) in [6.07, 6.45) is -9.49. The van der Waals surface area contributed by atoms with Gasteiger partial charge in [0.2, 0.25) is 0 Å². The number of aliphatic hydroxyl groups excluding tert-OH is 1. The largest absolute Gasteiger partial charge is 0.573 e. The quantitative estimate of drug-likeness (QED) is 0.435. The minimum atomic E-state index is -4.86. The molecule has 5 nitrogen and oxygen atoms in total. The van der Waals surface area contributed by atoms with Gasteiger partial charge in [0.05, 0.1) is 22.4 Å². The first-order valence-electron chi connectivity index (χ1n) is 8.89. The number of rotatable bonds is 6. The van der Waals surface area contributed by atoms with E-state index in [2.05, 4.69) is 20.0 Å². The molecule has 0 radical (unpaired) electrons. The Labute approximate surface area is 182 Å². The van der Waals surface area contributed by atoms with E-state index in [0.717, 1.165) is 30.6 Å². The highest BCUT2D eigenvalue weighted by atomic mass is 35.5. The van der Waals surface area contributed by atoms with Crippen LogP contribution in [-0.2, 0) is 6.18 Å². The van der Waals surface area contributed by atoms with Gasteiger partial charge < -0.3 is 15.2 Å². The monoisotopic (exact) mass is 477 g/mol. The van der Waals surface area contributed by atoms with Crippen molar-refractivity contribution in [1.82, 2.24) is 9.97 Å². The highest BCUT2D eigenvalue weighted by Crippen LogP contribution is 2.36. The van der Waals surface area contributed by atoms with Gasteiger partial charge in [-0.15, -0.1) is 13.2 Å². The second-order valence-electron chi connectivity index (χ2n) is 6.50. The molecule has 0 aliphatic carbocycles. The summed E-state index contributed by atoms with van der Waals surface area (Å²) < 4.78 is 79.5. The lowest BCUT2D eigenvalue weighted by Gasteiger charge is -2.15. The molecule has 1 heterocycles. The number of hydrogen-bond acceptors (Lipinski definition) is 5.